The number of esters is 1. The van der Waals surface area contributed by atoms with Crippen molar-refractivity contribution >= 4 is 46.6 Å². The molecule has 0 spiro atoms. The highest BCUT2D eigenvalue weighted by Gasteiger charge is 2.36. The Morgan fingerprint density at radius 3 is 2.60 bits per heavy atom. The van der Waals surface area contributed by atoms with Crippen molar-refractivity contribution in [2.24, 2.45) is 0 Å². The van der Waals surface area contributed by atoms with Gasteiger partial charge in [0.2, 0.25) is 5.95 Å². The molecule has 0 radical (unpaired) electrons. The Morgan fingerprint density at radius 1 is 1.02 bits per heavy atom. The van der Waals surface area contributed by atoms with Crippen LogP contribution in [0.4, 0.5) is 5.95 Å². The van der Waals surface area contributed by atoms with Crippen LogP contribution in [0, 0.1) is 0 Å². The van der Waals surface area contributed by atoms with Crippen LogP contribution in [0.5, 0.6) is 5.75 Å². The molecule has 0 aliphatic carbocycles. The van der Waals surface area contributed by atoms with Crippen molar-refractivity contribution in [3.8, 4) is 16.3 Å². The van der Waals surface area contributed by atoms with Crippen molar-refractivity contribution in [2.45, 2.75) is 23.9 Å². The Labute approximate surface area is 254 Å². The Morgan fingerprint density at radius 2 is 1.81 bits per heavy atom. The van der Waals surface area contributed by atoms with Gasteiger partial charge < -0.3 is 14.8 Å². The van der Waals surface area contributed by atoms with E-state index < -0.39 is 12.0 Å². The van der Waals surface area contributed by atoms with Crippen LogP contribution in [0.15, 0.2) is 94.5 Å². The standard InChI is InChI=1S/C29H24ClN7O3S2/c1-2-39-27(38)24-23(17-41-29-34-32-26(42-29)19-8-4-3-5-9-19)31-28-33-35-36-37(28)25(24)18-12-14-21(15-13-18)40-16-20-10-6-7-11-22(20)30/h3-15,25H,2,16-17H2,1H3,(H,31,33,36). The fourth-order valence-electron chi connectivity index (χ4n) is 4.43. The summed E-state index contributed by atoms with van der Waals surface area (Å²) >= 11 is 9.23. The molecule has 42 heavy (non-hydrogen) atoms. The minimum absolute atomic E-state index is 0.226. The maximum absolute atomic E-state index is 13.4. The third kappa shape index (κ3) is 6.01. The Hall–Kier alpha value is -4.26. The van der Waals surface area contributed by atoms with Crippen LogP contribution in [-0.2, 0) is 16.1 Å². The van der Waals surface area contributed by atoms with Gasteiger partial charge in [0.25, 0.3) is 0 Å². The van der Waals surface area contributed by atoms with E-state index in [1.165, 1.54) is 23.1 Å². The van der Waals surface area contributed by atoms with E-state index >= 15 is 0 Å². The predicted octanol–water partition coefficient (Wildman–Crippen LogP) is 6.05. The molecule has 6 rings (SSSR count). The minimum atomic E-state index is -0.613. The largest absolute Gasteiger partial charge is 0.489 e. The molecule has 0 amide bonds. The van der Waals surface area contributed by atoms with Crippen molar-refractivity contribution < 1.29 is 14.3 Å². The lowest BCUT2D eigenvalue weighted by Gasteiger charge is -2.28. The third-order valence-corrected chi connectivity index (χ3v) is 8.91. The zero-order valence-electron chi connectivity index (χ0n) is 22.3. The summed E-state index contributed by atoms with van der Waals surface area (Å²) in [5.41, 5.74) is 3.74. The molecular weight excluding hydrogens is 594 g/mol. The van der Waals surface area contributed by atoms with E-state index in [9.17, 15) is 4.79 Å². The molecule has 2 aromatic heterocycles. The molecule has 0 saturated heterocycles. The quantitative estimate of drug-likeness (QED) is 0.147. The summed E-state index contributed by atoms with van der Waals surface area (Å²) in [5, 5.41) is 25.6. The number of tetrazole rings is 1. The topological polar surface area (TPSA) is 117 Å². The number of hydrogen-bond acceptors (Lipinski definition) is 11. The van der Waals surface area contributed by atoms with Crippen molar-refractivity contribution in [3.63, 3.8) is 0 Å². The van der Waals surface area contributed by atoms with Crippen LogP contribution in [0.3, 0.4) is 0 Å². The van der Waals surface area contributed by atoms with Gasteiger partial charge in [0.1, 0.15) is 23.4 Å². The number of ether oxygens (including phenoxy) is 2. The van der Waals surface area contributed by atoms with Gasteiger partial charge >= 0.3 is 5.97 Å². The van der Waals surface area contributed by atoms with E-state index in [-0.39, 0.29) is 6.61 Å². The van der Waals surface area contributed by atoms with E-state index in [1.807, 2.05) is 78.9 Å². The lowest BCUT2D eigenvalue weighted by molar-refractivity contribution is -0.139. The smallest absolute Gasteiger partial charge is 0.338 e. The molecule has 1 aliphatic rings. The van der Waals surface area contributed by atoms with E-state index in [0.29, 0.717) is 40.4 Å². The van der Waals surface area contributed by atoms with Gasteiger partial charge in [0.15, 0.2) is 4.34 Å². The molecule has 3 heterocycles. The third-order valence-electron chi connectivity index (χ3n) is 6.41. The first-order chi connectivity index (χ1) is 20.6. The molecule has 1 unspecified atom stereocenters. The Bertz CT molecular complexity index is 1720. The van der Waals surface area contributed by atoms with Gasteiger partial charge in [0, 0.05) is 27.6 Å². The van der Waals surface area contributed by atoms with Crippen LogP contribution in [0.2, 0.25) is 5.02 Å². The lowest BCUT2D eigenvalue weighted by Crippen LogP contribution is -2.31. The number of nitrogens with zero attached hydrogens (tertiary/aromatic N) is 6. The summed E-state index contributed by atoms with van der Waals surface area (Å²) in [6.45, 7) is 2.33. The number of nitrogens with one attached hydrogen (secondary N) is 1. The average Bonchev–Trinajstić information content (AvgIpc) is 3.70. The zero-order chi connectivity index (χ0) is 28.9. The summed E-state index contributed by atoms with van der Waals surface area (Å²) in [6, 6.07) is 24.3. The predicted molar refractivity (Wildman–Crippen MR) is 162 cm³/mol. The molecule has 212 valence electrons. The first-order valence-electron chi connectivity index (χ1n) is 13.0. The van der Waals surface area contributed by atoms with Gasteiger partial charge in [-0.25, -0.2) is 4.79 Å². The molecule has 0 saturated carbocycles. The first-order valence-corrected chi connectivity index (χ1v) is 15.2. The summed E-state index contributed by atoms with van der Waals surface area (Å²) < 4.78 is 13.8. The van der Waals surface area contributed by atoms with Gasteiger partial charge in [-0.05, 0) is 41.1 Å². The number of hydrogen-bond donors (Lipinski definition) is 1. The Kier molecular flexibility index (Phi) is 8.45. The SMILES string of the molecule is CCOC(=O)C1=C(CSc2nnc(-c3ccccc3)s2)Nc2nnnn2C1c1ccc(OCc2ccccc2Cl)cc1. The van der Waals surface area contributed by atoms with Crippen LogP contribution < -0.4 is 10.1 Å². The number of anilines is 1. The zero-order valence-corrected chi connectivity index (χ0v) is 24.7. The molecule has 1 atom stereocenters. The molecule has 3 aromatic carbocycles. The summed E-state index contributed by atoms with van der Waals surface area (Å²) in [5.74, 6) is 1.03. The molecule has 0 fully saturated rings. The van der Waals surface area contributed by atoms with Gasteiger partial charge in [0.05, 0.1) is 12.2 Å². The second kappa shape index (κ2) is 12.7. The van der Waals surface area contributed by atoms with Crippen molar-refractivity contribution in [2.75, 3.05) is 17.7 Å². The fraction of sp³-hybridized carbons (Fsp3) is 0.172. The number of halogens is 1. The molecule has 0 bridgehead atoms. The van der Waals surface area contributed by atoms with Crippen molar-refractivity contribution in [1.29, 1.82) is 0 Å². The molecule has 1 N–H and O–H groups in total. The number of aromatic nitrogens is 6. The number of fused-ring (bicyclic) bond motifs is 1. The number of carbonyl (C=O) groups excluding carboxylic acids is 1. The van der Waals surface area contributed by atoms with Crippen molar-refractivity contribution in [3.05, 3.63) is 106 Å². The van der Waals surface area contributed by atoms with E-state index in [1.54, 1.807) is 11.6 Å². The second-order valence-corrected chi connectivity index (χ2v) is 11.7. The maximum atomic E-state index is 13.4. The number of carbonyl (C=O) groups is 1. The first kappa shape index (κ1) is 27.9. The van der Waals surface area contributed by atoms with Crippen LogP contribution >= 0.6 is 34.7 Å². The average molecular weight is 618 g/mol. The number of rotatable bonds is 10. The van der Waals surface area contributed by atoms with Crippen molar-refractivity contribution in [1.82, 2.24) is 30.4 Å². The van der Waals surface area contributed by atoms with Gasteiger partial charge in [-0.15, -0.1) is 10.2 Å². The number of thioether (sulfide) groups is 1. The van der Waals surface area contributed by atoms with E-state index in [0.717, 1.165) is 26.0 Å². The molecular formula is C29H24ClN7O3S2. The van der Waals surface area contributed by atoms with Crippen LogP contribution in [0.1, 0.15) is 24.1 Å². The molecule has 13 heteroatoms. The second-order valence-electron chi connectivity index (χ2n) is 9.06. The lowest BCUT2D eigenvalue weighted by atomic mass is 9.95. The summed E-state index contributed by atoms with van der Waals surface area (Å²) in [6.07, 6.45) is 0. The molecule has 1 aliphatic heterocycles. The fourth-order valence-corrected chi connectivity index (χ4v) is 6.44. The van der Waals surface area contributed by atoms with Gasteiger partial charge in [-0.1, -0.05) is 100 Å². The van der Waals surface area contributed by atoms with Crippen LogP contribution in [0.25, 0.3) is 10.6 Å². The van der Waals surface area contributed by atoms with Crippen LogP contribution in [-0.4, -0.2) is 48.7 Å². The highest BCUT2D eigenvalue weighted by Crippen LogP contribution is 2.38. The highest BCUT2D eigenvalue weighted by molar-refractivity contribution is 8.01. The normalized spacial score (nSPS) is 14.3. The monoisotopic (exact) mass is 617 g/mol. The van der Waals surface area contributed by atoms with E-state index in [2.05, 4.69) is 31.0 Å². The minimum Gasteiger partial charge on any atom is -0.489 e. The van der Waals surface area contributed by atoms with Gasteiger partial charge in [-0.2, -0.15) is 4.68 Å². The molecule has 10 nitrogen and oxygen atoms in total. The van der Waals surface area contributed by atoms with Gasteiger partial charge in [-0.3, -0.25) is 0 Å². The molecule has 5 aromatic rings. The maximum Gasteiger partial charge on any atom is 0.338 e. The number of benzene rings is 3. The summed E-state index contributed by atoms with van der Waals surface area (Å²) in [4.78, 5) is 13.4. The van der Waals surface area contributed by atoms with E-state index in [4.69, 9.17) is 21.1 Å². The summed E-state index contributed by atoms with van der Waals surface area (Å²) in [7, 11) is 0. The Balaban J connectivity index is 1.27. The highest BCUT2D eigenvalue weighted by atomic mass is 35.5.